The van der Waals surface area contributed by atoms with Gasteiger partial charge in [-0.25, -0.2) is 0 Å². The zero-order valence-corrected chi connectivity index (χ0v) is 15.3. The Hall–Kier alpha value is -0.120. The Bertz CT molecular complexity index is 204. The molecule has 3 nitrogen and oxygen atoms in total. The van der Waals surface area contributed by atoms with Crippen LogP contribution in [0.15, 0.2) is 0 Å². The molecule has 0 spiro atoms. The van der Waals surface area contributed by atoms with E-state index < -0.39 is 0 Å². The molecule has 0 fully saturated rings. The topological polar surface area (TPSA) is 9.72 Å². The Balaban J connectivity index is 3.88. The molecule has 0 aromatic carbocycles. The Morgan fingerprint density at radius 1 is 0.600 bits per heavy atom. The molecule has 0 aromatic rings. The van der Waals surface area contributed by atoms with Gasteiger partial charge in [-0.15, -0.1) is 0 Å². The average molecular weight is 286 g/mol. The van der Waals surface area contributed by atoms with E-state index in [2.05, 4.69) is 70.6 Å². The lowest BCUT2D eigenvalue weighted by atomic mass is 10.1. The molecular formula is C17H39N3. The first-order chi connectivity index (χ1) is 9.23. The van der Waals surface area contributed by atoms with Crippen LogP contribution in [0.4, 0.5) is 0 Å². The third kappa shape index (κ3) is 9.73. The Morgan fingerprint density at radius 3 is 1.40 bits per heavy atom. The van der Waals surface area contributed by atoms with E-state index in [1.165, 1.54) is 38.9 Å². The minimum Gasteiger partial charge on any atom is -0.309 e. The second-order valence-electron chi connectivity index (χ2n) is 7.22. The van der Waals surface area contributed by atoms with Crippen LogP contribution in [0, 0.1) is 5.92 Å². The molecule has 0 heterocycles. The number of hydrogen-bond donors (Lipinski definition) is 0. The zero-order valence-electron chi connectivity index (χ0n) is 15.3. The van der Waals surface area contributed by atoms with Crippen molar-refractivity contribution in [3.05, 3.63) is 0 Å². The molecule has 0 aliphatic carbocycles. The van der Waals surface area contributed by atoms with Crippen LogP contribution >= 0.6 is 0 Å². The normalized spacial score (nSPS) is 15.6. The highest BCUT2D eigenvalue weighted by atomic mass is 15.2. The first kappa shape index (κ1) is 19.9. The highest BCUT2D eigenvalue weighted by molar-refractivity contribution is 4.70. The lowest BCUT2D eigenvalue weighted by Crippen LogP contribution is -2.37. The van der Waals surface area contributed by atoms with Crippen LogP contribution in [0.1, 0.15) is 47.0 Å². The summed E-state index contributed by atoms with van der Waals surface area (Å²) in [5.41, 5.74) is 0. The molecule has 122 valence electrons. The quantitative estimate of drug-likeness (QED) is 0.578. The van der Waals surface area contributed by atoms with Crippen LogP contribution in [-0.2, 0) is 0 Å². The molecule has 0 amide bonds. The van der Waals surface area contributed by atoms with Gasteiger partial charge in [0.1, 0.15) is 0 Å². The highest BCUT2D eigenvalue weighted by Gasteiger charge is 2.13. The van der Waals surface area contributed by atoms with E-state index in [1.807, 2.05) is 0 Å². The van der Waals surface area contributed by atoms with Crippen molar-refractivity contribution < 1.29 is 0 Å². The van der Waals surface area contributed by atoms with Crippen molar-refractivity contribution in [1.29, 1.82) is 0 Å². The van der Waals surface area contributed by atoms with Crippen LogP contribution in [-0.4, -0.2) is 74.6 Å². The molecule has 0 radical (unpaired) electrons. The second-order valence-corrected chi connectivity index (χ2v) is 7.22. The predicted octanol–water partition coefficient (Wildman–Crippen LogP) is 3.01. The van der Waals surface area contributed by atoms with Crippen LogP contribution in [0.5, 0.6) is 0 Å². The van der Waals surface area contributed by atoms with Crippen molar-refractivity contribution in [2.45, 2.75) is 59.0 Å². The zero-order chi connectivity index (χ0) is 15.7. The maximum absolute atomic E-state index is 2.51. The van der Waals surface area contributed by atoms with E-state index in [-0.39, 0.29) is 0 Å². The number of nitrogens with zero attached hydrogens (tertiary/aromatic N) is 3. The molecule has 0 N–H and O–H groups in total. The standard InChI is InChI=1S/C17H39N3/c1-15(2)9-13-19(7)17(4)11-14-20(8)16(3)10-12-18(5)6/h15-17H,9-14H2,1-8H3. The fourth-order valence-corrected chi connectivity index (χ4v) is 2.18. The van der Waals surface area contributed by atoms with Gasteiger partial charge in [0.25, 0.3) is 0 Å². The third-order valence-corrected chi connectivity index (χ3v) is 4.46. The van der Waals surface area contributed by atoms with Gasteiger partial charge in [0.05, 0.1) is 0 Å². The largest absolute Gasteiger partial charge is 0.309 e. The molecule has 2 atom stereocenters. The van der Waals surface area contributed by atoms with Gasteiger partial charge in [-0.2, -0.15) is 0 Å². The third-order valence-electron chi connectivity index (χ3n) is 4.46. The van der Waals surface area contributed by atoms with Crippen molar-refractivity contribution in [1.82, 2.24) is 14.7 Å². The van der Waals surface area contributed by atoms with Crippen molar-refractivity contribution in [3.63, 3.8) is 0 Å². The van der Waals surface area contributed by atoms with Gasteiger partial charge in [0.2, 0.25) is 0 Å². The Labute approximate surface area is 128 Å². The van der Waals surface area contributed by atoms with Gasteiger partial charge in [-0.05, 0) is 86.9 Å². The molecule has 0 saturated heterocycles. The predicted molar refractivity (Wildman–Crippen MR) is 91.4 cm³/mol. The number of hydrogen-bond acceptors (Lipinski definition) is 3. The summed E-state index contributed by atoms with van der Waals surface area (Å²) in [7, 11) is 8.83. The van der Waals surface area contributed by atoms with Gasteiger partial charge in [-0.1, -0.05) is 13.8 Å². The Kier molecular flexibility index (Phi) is 10.5. The molecule has 0 aromatic heterocycles. The summed E-state index contributed by atoms with van der Waals surface area (Å²) >= 11 is 0. The minimum atomic E-state index is 0.672. The van der Waals surface area contributed by atoms with Crippen molar-refractivity contribution >= 4 is 0 Å². The number of rotatable bonds is 11. The summed E-state index contributed by atoms with van der Waals surface area (Å²) < 4.78 is 0. The lowest BCUT2D eigenvalue weighted by molar-refractivity contribution is 0.181. The van der Waals surface area contributed by atoms with E-state index in [1.54, 1.807) is 0 Å². The van der Waals surface area contributed by atoms with E-state index in [4.69, 9.17) is 0 Å². The molecule has 3 heteroatoms. The summed E-state index contributed by atoms with van der Waals surface area (Å²) in [5, 5.41) is 0. The smallest absolute Gasteiger partial charge is 0.00760 e. The van der Waals surface area contributed by atoms with Crippen LogP contribution in [0.3, 0.4) is 0 Å². The van der Waals surface area contributed by atoms with E-state index in [9.17, 15) is 0 Å². The molecule has 0 aliphatic rings. The van der Waals surface area contributed by atoms with Gasteiger partial charge in [0.15, 0.2) is 0 Å². The molecule has 0 bridgehead atoms. The Morgan fingerprint density at radius 2 is 1.00 bits per heavy atom. The second kappa shape index (κ2) is 10.6. The van der Waals surface area contributed by atoms with Crippen molar-refractivity contribution in [2.24, 2.45) is 5.92 Å². The molecule has 0 saturated carbocycles. The SMILES string of the molecule is CC(C)CCN(C)C(C)CCN(C)C(C)CCN(C)C. The van der Waals surface area contributed by atoms with Gasteiger partial charge in [0, 0.05) is 12.1 Å². The summed E-state index contributed by atoms with van der Waals surface area (Å²) in [6.45, 7) is 12.9. The first-order valence-electron chi connectivity index (χ1n) is 8.29. The van der Waals surface area contributed by atoms with Gasteiger partial charge >= 0.3 is 0 Å². The first-order valence-corrected chi connectivity index (χ1v) is 8.29. The van der Waals surface area contributed by atoms with E-state index in [0.717, 1.165) is 5.92 Å². The maximum atomic E-state index is 2.51. The van der Waals surface area contributed by atoms with E-state index in [0.29, 0.717) is 12.1 Å². The maximum Gasteiger partial charge on any atom is 0.00760 e. The van der Waals surface area contributed by atoms with Crippen LogP contribution < -0.4 is 0 Å². The monoisotopic (exact) mass is 285 g/mol. The summed E-state index contributed by atoms with van der Waals surface area (Å²) in [6.07, 6.45) is 3.81. The molecule has 0 rings (SSSR count). The molecule has 2 unspecified atom stereocenters. The van der Waals surface area contributed by atoms with Gasteiger partial charge in [-0.3, -0.25) is 0 Å². The lowest BCUT2D eigenvalue weighted by Gasteiger charge is -2.30. The average Bonchev–Trinajstić information content (AvgIpc) is 2.38. The van der Waals surface area contributed by atoms with Crippen LogP contribution in [0.25, 0.3) is 0 Å². The summed E-state index contributed by atoms with van der Waals surface area (Å²) in [5.74, 6) is 0.804. The molecular weight excluding hydrogens is 246 g/mol. The fourth-order valence-electron chi connectivity index (χ4n) is 2.18. The van der Waals surface area contributed by atoms with Crippen molar-refractivity contribution in [2.75, 3.05) is 47.8 Å². The van der Waals surface area contributed by atoms with Gasteiger partial charge < -0.3 is 14.7 Å². The van der Waals surface area contributed by atoms with E-state index >= 15 is 0 Å². The minimum absolute atomic E-state index is 0.672. The summed E-state index contributed by atoms with van der Waals surface area (Å²) in [4.78, 5) is 7.29. The molecule has 0 aliphatic heterocycles. The van der Waals surface area contributed by atoms with Crippen molar-refractivity contribution in [3.8, 4) is 0 Å². The highest BCUT2D eigenvalue weighted by Crippen LogP contribution is 2.09. The molecule has 20 heavy (non-hydrogen) atoms. The summed E-state index contributed by atoms with van der Waals surface area (Å²) in [6, 6.07) is 1.35. The van der Waals surface area contributed by atoms with Crippen LogP contribution in [0.2, 0.25) is 0 Å². The fraction of sp³-hybridized carbons (Fsp3) is 1.00.